The minimum atomic E-state index is -0.685. The minimum absolute atomic E-state index is 0.00601. The first-order chi connectivity index (χ1) is 19.8. The second-order valence-corrected chi connectivity index (χ2v) is 16.5. The van der Waals surface area contributed by atoms with E-state index in [0.717, 1.165) is 50.5 Å². The summed E-state index contributed by atoms with van der Waals surface area (Å²) < 4.78 is 11.7. The number of rotatable bonds is 8. The molecule has 1 heterocycles. The van der Waals surface area contributed by atoms with Crippen LogP contribution < -0.4 is 5.43 Å². The fraction of sp³-hybridized carbons (Fsp3) is 0.778. The average molecular weight is 594 g/mol. The van der Waals surface area contributed by atoms with Crippen LogP contribution in [0.25, 0.3) is 0 Å². The van der Waals surface area contributed by atoms with Gasteiger partial charge in [-0.25, -0.2) is 0 Å². The van der Waals surface area contributed by atoms with Crippen molar-refractivity contribution in [1.29, 1.82) is 5.26 Å². The molecule has 4 aliphatic rings. The van der Waals surface area contributed by atoms with Crippen LogP contribution >= 0.6 is 0 Å². The molecule has 7 nitrogen and oxygen atoms in total. The summed E-state index contributed by atoms with van der Waals surface area (Å²) in [5.74, 6) is 0.951. The van der Waals surface area contributed by atoms with Gasteiger partial charge in [0.05, 0.1) is 5.57 Å². The Hall–Kier alpha value is -2.46. The summed E-state index contributed by atoms with van der Waals surface area (Å²) in [5, 5.41) is 14.5. The Morgan fingerprint density at radius 2 is 1.88 bits per heavy atom. The summed E-state index contributed by atoms with van der Waals surface area (Å²) in [6, 6.07) is 2.19. The molecule has 43 heavy (non-hydrogen) atoms. The number of nitriles is 1. The third-order valence-corrected chi connectivity index (χ3v) is 12.6. The molecule has 238 valence electrons. The van der Waals surface area contributed by atoms with E-state index in [2.05, 4.69) is 65.1 Å². The summed E-state index contributed by atoms with van der Waals surface area (Å²) in [5.41, 5.74) is 3.03. The number of Topliss-reactive ketones (excluding diaryl/α,β-unsaturated/α-hetero) is 1. The fourth-order valence-corrected chi connectivity index (χ4v) is 9.53. The Morgan fingerprint density at radius 1 is 1.21 bits per heavy atom. The van der Waals surface area contributed by atoms with Gasteiger partial charge in [-0.1, -0.05) is 74.0 Å². The monoisotopic (exact) mass is 593 g/mol. The number of nitrogens with zero attached hydrogens (tertiary/aromatic N) is 2. The smallest absolute Gasteiger partial charge is 0.234 e. The standard InChI is InChI=1S/C36H55N3O4/c1-23-19-31(3,4)14-16-36(23,30-39-38-28(43-30)22-42-11)17-15-32(5,6)35(10)13-12-26-33(7,8)29(41)25(21-37)20-34(26,9)27(35)18-24(2)40/h18,20,23,26,30,39H,12-17,19,22H2,1-11H3/b27-18-/t23?,26-,30?,34-,35+,36-/m0/s1. The molecule has 0 radical (unpaired) electrons. The highest BCUT2D eigenvalue weighted by Gasteiger charge is 2.61. The fourth-order valence-electron chi connectivity index (χ4n) is 9.53. The molecule has 0 aromatic carbocycles. The van der Waals surface area contributed by atoms with Crippen molar-refractivity contribution in [2.24, 2.45) is 49.4 Å². The number of nitrogens with one attached hydrogen (secondary N) is 1. The predicted molar refractivity (Wildman–Crippen MR) is 170 cm³/mol. The van der Waals surface area contributed by atoms with Crippen molar-refractivity contribution in [3.05, 3.63) is 23.3 Å². The molecule has 0 aromatic heterocycles. The molecule has 1 N–H and O–H groups in total. The number of methoxy groups -OCH3 is 1. The SMILES string of the molecule is COCC1=NNC([C@]2(CCC(C)(C)[C@]3(C)CC[C@H]4C(C)(C)C(=O)C(C#N)=C[C@]4(C)/C3=C/C(C)=O)CCC(C)(C)CC2C)O1. The van der Waals surface area contributed by atoms with E-state index in [1.807, 2.05) is 26.0 Å². The van der Waals surface area contributed by atoms with Gasteiger partial charge in [0.25, 0.3) is 0 Å². The van der Waals surface area contributed by atoms with Gasteiger partial charge in [0.2, 0.25) is 5.90 Å². The molecule has 0 spiro atoms. The van der Waals surface area contributed by atoms with E-state index in [-0.39, 0.29) is 50.9 Å². The minimum Gasteiger partial charge on any atom is -0.452 e. The number of fused-ring (bicyclic) bond motifs is 1. The van der Waals surface area contributed by atoms with Crippen LogP contribution in [0.4, 0.5) is 0 Å². The van der Waals surface area contributed by atoms with Crippen LogP contribution in [0, 0.1) is 55.7 Å². The third kappa shape index (κ3) is 5.51. The number of allylic oxidation sites excluding steroid dienone is 4. The largest absolute Gasteiger partial charge is 0.452 e. The third-order valence-electron chi connectivity index (χ3n) is 12.6. The Bertz CT molecular complexity index is 1280. The lowest BCUT2D eigenvalue weighted by Gasteiger charge is -2.61. The van der Waals surface area contributed by atoms with Gasteiger partial charge in [0, 0.05) is 23.4 Å². The van der Waals surface area contributed by atoms with E-state index in [1.165, 1.54) is 0 Å². The lowest BCUT2D eigenvalue weighted by Crippen LogP contribution is -2.56. The first-order valence-corrected chi connectivity index (χ1v) is 16.2. The van der Waals surface area contributed by atoms with Crippen molar-refractivity contribution in [2.75, 3.05) is 13.7 Å². The second-order valence-electron chi connectivity index (χ2n) is 16.5. The number of hydrogen-bond donors (Lipinski definition) is 1. The maximum Gasteiger partial charge on any atom is 0.234 e. The lowest BCUT2D eigenvalue weighted by molar-refractivity contribution is -0.131. The van der Waals surface area contributed by atoms with E-state index in [9.17, 15) is 14.9 Å². The topological polar surface area (TPSA) is 101 Å². The highest BCUT2D eigenvalue weighted by molar-refractivity contribution is 6.04. The van der Waals surface area contributed by atoms with Crippen LogP contribution in [0.1, 0.15) is 114 Å². The van der Waals surface area contributed by atoms with Crippen molar-refractivity contribution in [3.8, 4) is 6.07 Å². The molecule has 0 amide bonds. The first kappa shape index (κ1) is 33.4. The van der Waals surface area contributed by atoms with Crippen LogP contribution in [-0.4, -0.2) is 37.4 Å². The molecule has 4 rings (SSSR count). The number of carbonyl (C=O) groups excluding carboxylic acids is 2. The van der Waals surface area contributed by atoms with E-state index < -0.39 is 10.8 Å². The highest BCUT2D eigenvalue weighted by Crippen LogP contribution is 2.67. The number of ketones is 2. The molecule has 6 atom stereocenters. The summed E-state index contributed by atoms with van der Waals surface area (Å²) in [4.78, 5) is 26.2. The maximum absolute atomic E-state index is 13.3. The molecule has 2 unspecified atom stereocenters. The van der Waals surface area contributed by atoms with Gasteiger partial charge in [-0.05, 0) is 86.0 Å². The zero-order valence-electron chi connectivity index (χ0n) is 28.6. The molecule has 7 heteroatoms. The van der Waals surface area contributed by atoms with E-state index in [0.29, 0.717) is 18.4 Å². The van der Waals surface area contributed by atoms with Gasteiger partial charge in [-0.15, -0.1) is 5.10 Å². The maximum atomic E-state index is 13.3. The van der Waals surface area contributed by atoms with Gasteiger partial charge in [0.15, 0.2) is 17.8 Å². The first-order valence-electron chi connectivity index (χ1n) is 16.2. The van der Waals surface area contributed by atoms with Crippen LogP contribution in [0.5, 0.6) is 0 Å². The normalized spacial score (nSPS) is 37.9. The van der Waals surface area contributed by atoms with Gasteiger partial charge >= 0.3 is 0 Å². The molecule has 0 bridgehead atoms. The van der Waals surface area contributed by atoms with E-state index in [4.69, 9.17) is 9.47 Å². The Balaban J connectivity index is 1.73. The Labute approximate surface area is 259 Å². The van der Waals surface area contributed by atoms with Crippen LogP contribution in [0.3, 0.4) is 0 Å². The summed E-state index contributed by atoms with van der Waals surface area (Å²) >= 11 is 0. The lowest BCUT2D eigenvalue weighted by atomic mass is 9.42. The number of hydrazone groups is 1. The van der Waals surface area contributed by atoms with Gasteiger partial charge in [-0.3, -0.25) is 15.0 Å². The molecular formula is C36H55N3O4. The molecule has 3 aliphatic carbocycles. The van der Waals surface area contributed by atoms with Crippen molar-refractivity contribution in [2.45, 2.75) is 120 Å². The molecule has 0 saturated heterocycles. The molecule has 0 aromatic rings. The number of carbonyl (C=O) groups is 2. The van der Waals surface area contributed by atoms with Crippen LogP contribution in [0.15, 0.2) is 28.4 Å². The van der Waals surface area contributed by atoms with Crippen LogP contribution in [-0.2, 0) is 19.1 Å². The van der Waals surface area contributed by atoms with Gasteiger partial charge < -0.3 is 9.47 Å². The van der Waals surface area contributed by atoms with Crippen molar-refractivity contribution >= 4 is 17.5 Å². The molecule has 2 fully saturated rings. The van der Waals surface area contributed by atoms with Gasteiger partial charge in [0.1, 0.15) is 12.7 Å². The van der Waals surface area contributed by atoms with Crippen molar-refractivity contribution in [1.82, 2.24) is 5.43 Å². The Morgan fingerprint density at radius 3 is 2.47 bits per heavy atom. The quantitative estimate of drug-likeness (QED) is 0.292. The summed E-state index contributed by atoms with van der Waals surface area (Å²) in [6.45, 7) is 22.2. The Kier molecular flexibility index (Phi) is 8.68. The van der Waals surface area contributed by atoms with Crippen molar-refractivity contribution in [3.63, 3.8) is 0 Å². The van der Waals surface area contributed by atoms with Crippen LogP contribution in [0.2, 0.25) is 0 Å². The molecular weight excluding hydrogens is 538 g/mol. The molecule has 2 saturated carbocycles. The number of hydrogen-bond acceptors (Lipinski definition) is 7. The number of ether oxygens (including phenoxy) is 2. The van der Waals surface area contributed by atoms with Crippen molar-refractivity contribution < 1.29 is 19.1 Å². The predicted octanol–water partition coefficient (Wildman–Crippen LogP) is 7.53. The average Bonchev–Trinajstić information content (AvgIpc) is 3.37. The highest BCUT2D eigenvalue weighted by atomic mass is 16.6. The summed E-state index contributed by atoms with van der Waals surface area (Å²) in [6.07, 6.45) is 10.4. The second kappa shape index (κ2) is 11.2. The zero-order chi connectivity index (χ0) is 32.2. The zero-order valence-corrected chi connectivity index (χ0v) is 28.6. The summed E-state index contributed by atoms with van der Waals surface area (Å²) in [7, 11) is 1.66. The van der Waals surface area contributed by atoms with E-state index in [1.54, 1.807) is 14.0 Å². The molecule has 1 aliphatic heterocycles. The van der Waals surface area contributed by atoms with Gasteiger partial charge in [-0.2, -0.15) is 5.26 Å². The van der Waals surface area contributed by atoms with E-state index >= 15 is 0 Å².